The smallest absolute Gasteiger partial charge is 0.312 e. The Hall–Kier alpha value is -2.44. The summed E-state index contributed by atoms with van der Waals surface area (Å²) in [5.41, 5.74) is -0.00555. The fourth-order valence-electron chi connectivity index (χ4n) is 5.61. The second-order valence-electron chi connectivity index (χ2n) is 8.54. The Labute approximate surface area is 157 Å². The van der Waals surface area contributed by atoms with Gasteiger partial charge in [-0.1, -0.05) is 0 Å². The number of nitro groups is 1. The minimum absolute atomic E-state index is 0.0470. The van der Waals surface area contributed by atoms with Gasteiger partial charge in [-0.15, -0.1) is 0 Å². The maximum absolute atomic E-state index is 12.9. The van der Waals surface area contributed by atoms with Crippen LogP contribution in [-0.4, -0.2) is 22.9 Å². The molecular weight excluding hydrogens is 348 g/mol. The molecule has 0 aromatic heterocycles. The Morgan fingerprint density at radius 2 is 1.63 bits per heavy atom. The molecule has 27 heavy (non-hydrogen) atoms. The van der Waals surface area contributed by atoms with Crippen molar-refractivity contribution >= 4 is 23.3 Å². The Bertz CT molecular complexity index is 738. The molecule has 7 nitrogen and oxygen atoms in total. The van der Waals surface area contributed by atoms with Gasteiger partial charge in [0.1, 0.15) is 0 Å². The summed E-state index contributed by atoms with van der Waals surface area (Å²) in [5.74, 6) is 1.24. The van der Waals surface area contributed by atoms with Crippen LogP contribution < -0.4 is 5.32 Å². The number of carbonyl (C=O) groups is 2. The largest absolute Gasteiger partial charge is 0.452 e. The topological polar surface area (TPSA) is 98.5 Å². The van der Waals surface area contributed by atoms with Crippen LogP contribution in [0.5, 0.6) is 0 Å². The summed E-state index contributed by atoms with van der Waals surface area (Å²) in [6, 6.07) is 5.57. The highest BCUT2D eigenvalue weighted by atomic mass is 16.6. The molecule has 4 bridgehead atoms. The van der Waals surface area contributed by atoms with E-state index in [-0.39, 0.29) is 11.7 Å². The lowest BCUT2D eigenvalue weighted by atomic mass is 9.49. The predicted octanol–water partition coefficient (Wildman–Crippen LogP) is 3.68. The lowest BCUT2D eigenvalue weighted by Crippen LogP contribution is -2.51. The summed E-state index contributed by atoms with van der Waals surface area (Å²) < 4.78 is 5.57. The summed E-state index contributed by atoms with van der Waals surface area (Å²) in [7, 11) is 0. The van der Waals surface area contributed by atoms with E-state index in [0.29, 0.717) is 23.4 Å². The molecule has 4 aliphatic rings. The van der Waals surface area contributed by atoms with Gasteiger partial charge in [0, 0.05) is 17.8 Å². The summed E-state index contributed by atoms with van der Waals surface area (Å²) >= 11 is 0. The van der Waals surface area contributed by atoms with Crippen LogP contribution in [0.25, 0.3) is 0 Å². The number of nitro benzene ring substituents is 1. The van der Waals surface area contributed by atoms with Crippen molar-refractivity contribution in [3.8, 4) is 0 Å². The average Bonchev–Trinajstić information content (AvgIpc) is 2.60. The Morgan fingerprint density at radius 1 is 1.11 bits per heavy atom. The van der Waals surface area contributed by atoms with Crippen molar-refractivity contribution in [3.05, 3.63) is 34.4 Å². The molecule has 0 aliphatic heterocycles. The van der Waals surface area contributed by atoms with Gasteiger partial charge in [0.2, 0.25) is 0 Å². The molecule has 5 rings (SSSR count). The summed E-state index contributed by atoms with van der Waals surface area (Å²) in [6.07, 6.45) is 5.51. The van der Waals surface area contributed by atoms with Crippen molar-refractivity contribution in [3.63, 3.8) is 0 Å². The number of nitrogens with zero attached hydrogens (tertiary/aromatic N) is 1. The van der Waals surface area contributed by atoms with E-state index in [4.69, 9.17) is 4.74 Å². The fourth-order valence-corrected chi connectivity index (χ4v) is 5.61. The van der Waals surface area contributed by atoms with Crippen molar-refractivity contribution < 1.29 is 19.2 Å². The van der Waals surface area contributed by atoms with Crippen LogP contribution in [0.3, 0.4) is 0 Å². The van der Waals surface area contributed by atoms with Gasteiger partial charge in [-0.2, -0.15) is 0 Å². The molecule has 4 fully saturated rings. The van der Waals surface area contributed by atoms with Crippen LogP contribution in [0.4, 0.5) is 11.4 Å². The second-order valence-corrected chi connectivity index (χ2v) is 8.54. The first-order valence-corrected chi connectivity index (χ1v) is 9.61. The van der Waals surface area contributed by atoms with E-state index < -0.39 is 22.3 Å². The van der Waals surface area contributed by atoms with Crippen molar-refractivity contribution in [1.82, 2.24) is 0 Å². The monoisotopic (exact) mass is 372 g/mol. The lowest BCUT2D eigenvalue weighted by molar-refractivity contribution is -0.384. The SMILES string of the molecule is C[C@@H](OC(=O)C12CC3CC(CC(C3)C1)C2)C(=O)Nc1ccc([N+](=O)[O-])cc1. The number of anilines is 1. The molecule has 0 radical (unpaired) electrons. The first kappa shape index (κ1) is 17.9. The highest BCUT2D eigenvalue weighted by molar-refractivity contribution is 5.95. The predicted molar refractivity (Wildman–Crippen MR) is 97.9 cm³/mol. The number of hydrogen-bond acceptors (Lipinski definition) is 5. The zero-order chi connectivity index (χ0) is 19.2. The van der Waals surface area contributed by atoms with Crippen molar-refractivity contribution in [1.29, 1.82) is 0 Å². The van der Waals surface area contributed by atoms with Crippen LogP contribution in [0, 0.1) is 33.3 Å². The van der Waals surface area contributed by atoms with Gasteiger partial charge >= 0.3 is 5.97 Å². The third kappa shape index (κ3) is 3.42. The second kappa shape index (κ2) is 6.62. The molecule has 0 unspecified atom stereocenters. The van der Waals surface area contributed by atoms with E-state index in [9.17, 15) is 19.7 Å². The van der Waals surface area contributed by atoms with E-state index in [0.717, 1.165) is 19.3 Å². The molecular formula is C20H24N2O5. The first-order chi connectivity index (χ1) is 12.8. The zero-order valence-electron chi connectivity index (χ0n) is 15.3. The Morgan fingerprint density at radius 3 is 2.11 bits per heavy atom. The third-order valence-electron chi connectivity index (χ3n) is 6.47. The molecule has 1 aromatic rings. The summed E-state index contributed by atoms with van der Waals surface area (Å²) in [4.78, 5) is 35.5. The van der Waals surface area contributed by atoms with Crippen LogP contribution in [0.2, 0.25) is 0 Å². The molecule has 1 atom stereocenters. The minimum Gasteiger partial charge on any atom is -0.452 e. The van der Waals surface area contributed by atoms with Crippen LogP contribution in [-0.2, 0) is 14.3 Å². The van der Waals surface area contributed by atoms with Crippen molar-refractivity contribution in [2.45, 2.75) is 51.6 Å². The molecule has 1 aromatic carbocycles. The van der Waals surface area contributed by atoms with Gasteiger partial charge < -0.3 is 10.1 Å². The maximum Gasteiger partial charge on any atom is 0.312 e. The number of amides is 1. The van der Waals surface area contributed by atoms with Crippen LogP contribution in [0.15, 0.2) is 24.3 Å². The quantitative estimate of drug-likeness (QED) is 0.483. The highest BCUT2D eigenvalue weighted by Crippen LogP contribution is 2.60. The molecule has 1 amide bonds. The van der Waals surface area contributed by atoms with E-state index in [1.165, 1.54) is 43.5 Å². The molecule has 1 N–H and O–H groups in total. The van der Waals surface area contributed by atoms with Gasteiger partial charge in [-0.25, -0.2) is 0 Å². The van der Waals surface area contributed by atoms with Crippen LogP contribution in [0.1, 0.15) is 45.4 Å². The number of hydrogen-bond donors (Lipinski definition) is 1. The van der Waals surface area contributed by atoms with Gasteiger partial charge in [-0.05, 0) is 75.3 Å². The molecule has 7 heteroatoms. The number of esters is 1. The number of non-ortho nitro benzene ring substituents is 1. The molecule has 0 saturated heterocycles. The van der Waals surface area contributed by atoms with E-state index in [1.54, 1.807) is 6.92 Å². The van der Waals surface area contributed by atoms with Gasteiger partial charge in [0.15, 0.2) is 6.10 Å². The van der Waals surface area contributed by atoms with Gasteiger partial charge in [0.05, 0.1) is 10.3 Å². The normalized spacial score (nSPS) is 32.0. The molecule has 144 valence electrons. The fraction of sp³-hybridized carbons (Fsp3) is 0.600. The van der Waals surface area contributed by atoms with Crippen molar-refractivity contribution in [2.24, 2.45) is 23.2 Å². The number of ether oxygens (including phenoxy) is 1. The Balaban J connectivity index is 1.37. The number of nitrogens with one attached hydrogen (secondary N) is 1. The van der Waals surface area contributed by atoms with Crippen molar-refractivity contribution in [2.75, 3.05) is 5.32 Å². The molecule has 0 heterocycles. The molecule has 4 saturated carbocycles. The number of rotatable bonds is 5. The van der Waals surface area contributed by atoms with E-state index >= 15 is 0 Å². The number of benzene rings is 1. The molecule has 0 spiro atoms. The zero-order valence-corrected chi connectivity index (χ0v) is 15.3. The lowest BCUT2D eigenvalue weighted by Gasteiger charge is -2.55. The van der Waals surface area contributed by atoms with E-state index in [1.807, 2.05) is 0 Å². The Kier molecular flexibility index (Phi) is 4.40. The standard InChI is InChI=1S/C20H24N2O5/c1-12(18(23)21-16-2-4-17(5-3-16)22(25)26)27-19(24)20-9-13-6-14(10-20)8-15(7-13)11-20/h2-5,12-15H,6-11H2,1H3,(H,21,23)/t12-,13?,14?,15?,20?/m1/s1. The van der Waals surface area contributed by atoms with Gasteiger partial charge in [0.25, 0.3) is 11.6 Å². The van der Waals surface area contributed by atoms with E-state index in [2.05, 4.69) is 5.32 Å². The maximum atomic E-state index is 12.9. The summed E-state index contributed by atoms with van der Waals surface area (Å²) in [5, 5.41) is 13.3. The molecule has 4 aliphatic carbocycles. The minimum atomic E-state index is -0.902. The first-order valence-electron chi connectivity index (χ1n) is 9.61. The summed E-state index contributed by atoms with van der Waals surface area (Å²) in [6.45, 7) is 1.57. The third-order valence-corrected chi connectivity index (χ3v) is 6.47. The van der Waals surface area contributed by atoms with Gasteiger partial charge in [-0.3, -0.25) is 19.7 Å². The number of carbonyl (C=O) groups excluding carboxylic acids is 2. The average molecular weight is 372 g/mol. The highest BCUT2D eigenvalue weighted by Gasteiger charge is 2.55. The van der Waals surface area contributed by atoms with Crippen LogP contribution >= 0.6 is 0 Å².